The monoisotopic (exact) mass is 386 g/mol. The molecule has 29 heavy (non-hydrogen) atoms. The molecule has 6 heteroatoms. The van der Waals surface area contributed by atoms with Gasteiger partial charge in [0.05, 0.1) is 12.5 Å². The van der Waals surface area contributed by atoms with Crippen molar-refractivity contribution in [1.29, 1.82) is 0 Å². The number of carbonyl (C=O) groups is 2. The van der Waals surface area contributed by atoms with E-state index in [0.29, 0.717) is 36.6 Å². The van der Waals surface area contributed by atoms with Crippen LogP contribution in [0.4, 0.5) is 5.82 Å². The predicted octanol–water partition coefficient (Wildman–Crippen LogP) is 2.60. The average Bonchev–Trinajstić information content (AvgIpc) is 2.70. The number of carboxylic acids is 1. The number of amides is 1. The van der Waals surface area contributed by atoms with E-state index in [1.807, 2.05) is 38.1 Å². The SMILES string of the molecule is Cc1nc(C)c2c(n1)N(Cc1ccc(-c3ccccc3C(=O)[O-])cc1)C(=O)CC2. The molecule has 0 aliphatic carbocycles. The van der Waals surface area contributed by atoms with Gasteiger partial charge in [-0.05, 0) is 37.0 Å². The molecule has 1 aliphatic heterocycles. The Hall–Kier alpha value is -3.54. The molecule has 0 fully saturated rings. The van der Waals surface area contributed by atoms with Gasteiger partial charge in [0.2, 0.25) is 5.91 Å². The van der Waals surface area contributed by atoms with E-state index in [-0.39, 0.29) is 11.5 Å². The van der Waals surface area contributed by atoms with Crippen LogP contribution in [0.5, 0.6) is 0 Å². The van der Waals surface area contributed by atoms with E-state index in [1.165, 1.54) is 6.07 Å². The summed E-state index contributed by atoms with van der Waals surface area (Å²) >= 11 is 0. The summed E-state index contributed by atoms with van der Waals surface area (Å²) in [6.07, 6.45) is 1.10. The molecule has 3 aromatic rings. The van der Waals surface area contributed by atoms with Crippen LogP contribution < -0.4 is 10.0 Å². The number of aryl methyl sites for hydroxylation is 2. The Kier molecular flexibility index (Phi) is 4.84. The van der Waals surface area contributed by atoms with Crippen molar-refractivity contribution in [2.75, 3.05) is 4.90 Å². The number of carboxylic acid groups (broad SMARTS) is 1. The Bertz CT molecular complexity index is 1110. The van der Waals surface area contributed by atoms with E-state index >= 15 is 0 Å². The van der Waals surface area contributed by atoms with Crippen molar-refractivity contribution in [2.45, 2.75) is 33.2 Å². The third-order valence-corrected chi connectivity index (χ3v) is 5.20. The maximum atomic E-state index is 12.6. The predicted molar refractivity (Wildman–Crippen MR) is 107 cm³/mol. The minimum Gasteiger partial charge on any atom is -0.545 e. The molecule has 0 unspecified atom stereocenters. The van der Waals surface area contributed by atoms with E-state index in [2.05, 4.69) is 9.97 Å². The summed E-state index contributed by atoms with van der Waals surface area (Å²) < 4.78 is 0. The quantitative estimate of drug-likeness (QED) is 0.688. The van der Waals surface area contributed by atoms with Gasteiger partial charge in [-0.3, -0.25) is 9.69 Å². The van der Waals surface area contributed by atoms with Crippen molar-refractivity contribution in [3.63, 3.8) is 0 Å². The Balaban J connectivity index is 1.64. The molecule has 0 N–H and O–H groups in total. The van der Waals surface area contributed by atoms with Gasteiger partial charge < -0.3 is 9.90 Å². The molecule has 146 valence electrons. The van der Waals surface area contributed by atoms with Gasteiger partial charge >= 0.3 is 0 Å². The summed E-state index contributed by atoms with van der Waals surface area (Å²) in [6, 6.07) is 14.3. The fraction of sp³-hybridized carbons (Fsp3) is 0.217. The molecule has 4 rings (SSSR count). The Morgan fingerprint density at radius 3 is 2.48 bits per heavy atom. The smallest absolute Gasteiger partial charge is 0.228 e. The molecule has 0 saturated carbocycles. The highest BCUT2D eigenvalue weighted by atomic mass is 16.4. The van der Waals surface area contributed by atoms with Gasteiger partial charge in [-0.1, -0.05) is 48.5 Å². The van der Waals surface area contributed by atoms with Crippen molar-refractivity contribution >= 4 is 17.7 Å². The van der Waals surface area contributed by atoms with Gasteiger partial charge in [0, 0.05) is 23.2 Å². The maximum Gasteiger partial charge on any atom is 0.228 e. The number of hydrogen-bond acceptors (Lipinski definition) is 5. The molecular formula is C23H20N3O3-. The number of carbonyl (C=O) groups excluding carboxylic acids is 2. The molecule has 6 nitrogen and oxygen atoms in total. The van der Waals surface area contributed by atoms with E-state index in [9.17, 15) is 14.7 Å². The molecular weight excluding hydrogens is 366 g/mol. The second-order valence-corrected chi connectivity index (χ2v) is 7.17. The number of benzene rings is 2. The Morgan fingerprint density at radius 2 is 1.76 bits per heavy atom. The molecule has 0 spiro atoms. The molecule has 1 aliphatic rings. The van der Waals surface area contributed by atoms with Gasteiger partial charge in [-0.2, -0.15) is 0 Å². The number of hydrogen-bond donors (Lipinski definition) is 0. The van der Waals surface area contributed by atoms with E-state index in [0.717, 1.165) is 22.4 Å². The van der Waals surface area contributed by atoms with Crippen molar-refractivity contribution in [1.82, 2.24) is 9.97 Å². The van der Waals surface area contributed by atoms with E-state index < -0.39 is 5.97 Å². The zero-order valence-electron chi connectivity index (χ0n) is 16.3. The lowest BCUT2D eigenvalue weighted by Gasteiger charge is -2.29. The number of fused-ring (bicyclic) bond motifs is 1. The minimum atomic E-state index is -1.20. The van der Waals surface area contributed by atoms with Crippen molar-refractivity contribution < 1.29 is 14.7 Å². The van der Waals surface area contributed by atoms with Crippen LogP contribution in [-0.4, -0.2) is 21.8 Å². The summed E-state index contributed by atoms with van der Waals surface area (Å²) in [5, 5.41) is 11.4. The van der Waals surface area contributed by atoms with Crippen LogP contribution in [0.25, 0.3) is 11.1 Å². The first-order chi connectivity index (χ1) is 13.9. The number of aromatic nitrogens is 2. The Morgan fingerprint density at radius 1 is 1.03 bits per heavy atom. The summed E-state index contributed by atoms with van der Waals surface area (Å²) in [6.45, 7) is 4.18. The van der Waals surface area contributed by atoms with Crippen LogP contribution >= 0.6 is 0 Å². The fourth-order valence-electron chi connectivity index (χ4n) is 3.77. The third-order valence-electron chi connectivity index (χ3n) is 5.20. The zero-order valence-corrected chi connectivity index (χ0v) is 16.3. The summed E-state index contributed by atoms with van der Waals surface area (Å²) in [5.41, 5.74) is 4.43. The number of anilines is 1. The first-order valence-corrected chi connectivity index (χ1v) is 9.48. The van der Waals surface area contributed by atoms with Crippen LogP contribution in [0.2, 0.25) is 0 Å². The topological polar surface area (TPSA) is 86.2 Å². The maximum absolute atomic E-state index is 12.6. The van der Waals surface area contributed by atoms with Gasteiger partial charge in [-0.15, -0.1) is 0 Å². The number of rotatable bonds is 4. The van der Waals surface area contributed by atoms with Gasteiger partial charge in [0.15, 0.2) is 0 Å². The molecule has 2 heterocycles. The summed E-state index contributed by atoms with van der Waals surface area (Å²) in [4.78, 5) is 34.6. The van der Waals surface area contributed by atoms with Crippen molar-refractivity contribution in [3.05, 3.63) is 76.7 Å². The number of aromatic carboxylic acids is 1. The van der Waals surface area contributed by atoms with Gasteiger partial charge in [-0.25, -0.2) is 9.97 Å². The van der Waals surface area contributed by atoms with E-state index in [4.69, 9.17) is 0 Å². The van der Waals surface area contributed by atoms with Gasteiger partial charge in [0.1, 0.15) is 11.6 Å². The highest BCUT2D eigenvalue weighted by Gasteiger charge is 2.27. The zero-order chi connectivity index (χ0) is 20.5. The number of nitrogens with zero attached hydrogens (tertiary/aromatic N) is 3. The fourth-order valence-corrected chi connectivity index (χ4v) is 3.77. The first kappa shape index (κ1) is 18.8. The van der Waals surface area contributed by atoms with E-state index in [1.54, 1.807) is 23.1 Å². The van der Waals surface area contributed by atoms with Crippen LogP contribution in [0, 0.1) is 13.8 Å². The lowest BCUT2D eigenvalue weighted by molar-refractivity contribution is -0.254. The van der Waals surface area contributed by atoms with Crippen molar-refractivity contribution in [3.8, 4) is 11.1 Å². The Labute approximate surface area is 168 Å². The normalized spacial score (nSPS) is 13.3. The minimum absolute atomic E-state index is 0.0429. The van der Waals surface area contributed by atoms with Crippen LogP contribution in [0.15, 0.2) is 48.5 Å². The highest BCUT2D eigenvalue weighted by molar-refractivity contribution is 5.96. The van der Waals surface area contributed by atoms with Crippen LogP contribution in [0.3, 0.4) is 0 Å². The lowest BCUT2D eigenvalue weighted by Crippen LogP contribution is -2.36. The second kappa shape index (κ2) is 7.47. The van der Waals surface area contributed by atoms with Gasteiger partial charge in [0.25, 0.3) is 0 Å². The second-order valence-electron chi connectivity index (χ2n) is 7.17. The van der Waals surface area contributed by atoms with Crippen molar-refractivity contribution in [2.24, 2.45) is 0 Å². The largest absolute Gasteiger partial charge is 0.545 e. The summed E-state index contributed by atoms with van der Waals surface area (Å²) in [5.74, 6) is 0.180. The molecule has 0 saturated heterocycles. The molecule has 2 aromatic carbocycles. The molecule has 1 aromatic heterocycles. The first-order valence-electron chi connectivity index (χ1n) is 9.48. The van der Waals surface area contributed by atoms with Crippen LogP contribution in [0.1, 0.15) is 39.4 Å². The lowest BCUT2D eigenvalue weighted by atomic mass is 9.98. The molecule has 1 amide bonds. The summed E-state index contributed by atoms with van der Waals surface area (Å²) in [7, 11) is 0. The third kappa shape index (κ3) is 3.61. The highest BCUT2D eigenvalue weighted by Crippen LogP contribution is 2.30. The van der Waals surface area contributed by atoms with Crippen LogP contribution in [-0.2, 0) is 17.8 Å². The molecule has 0 bridgehead atoms. The standard InChI is InChI=1S/C23H21N3O3/c1-14-18-11-12-21(27)26(22(18)25-15(2)24-14)13-16-7-9-17(10-8-16)19-5-3-4-6-20(19)23(28)29/h3-10H,11-13H2,1-2H3,(H,28,29)/p-1. The molecule has 0 atom stereocenters. The average molecular weight is 386 g/mol. The molecule has 0 radical (unpaired) electrons.